The summed E-state index contributed by atoms with van der Waals surface area (Å²) >= 11 is 0. The molecule has 5 nitrogen and oxygen atoms in total. The average molecular weight is 306 g/mol. The molecule has 2 aromatic rings. The van der Waals surface area contributed by atoms with Gasteiger partial charge in [-0.3, -0.25) is 0 Å². The van der Waals surface area contributed by atoms with Crippen LogP contribution in [0, 0.1) is 5.82 Å². The summed E-state index contributed by atoms with van der Waals surface area (Å²) in [6.07, 6.45) is 1.21. The second-order valence-electron chi connectivity index (χ2n) is 5.57. The number of hydrogen-bond acceptors (Lipinski definition) is 5. The van der Waals surface area contributed by atoms with Crippen molar-refractivity contribution in [2.24, 2.45) is 5.73 Å². The maximum absolute atomic E-state index is 12.9. The zero-order chi connectivity index (χ0) is 15.5. The molecule has 1 aromatic carbocycles. The highest BCUT2D eigenvalue weighted by Crippen LogP contribution is 2.25. The van der Waals surface area contributed by atoms with Crippen LogP contribution in [0.1, 0.15) is 18.5 Å². The second kappa shape index (κ2) is 6.56. The molecule has 0 aliphatic carbocycles. The lowest BCUT2D eigenvalue weighted by molar-refractivity contribution is -0.111. The molecular weight excluding hydrogens is 287 g/mol. The fraction of sp³-hybridized carbons (Fsp3) is 0.438. The van der Waals surface area contributed by atoms with Crippen molar-refractivity contribution in [3.05, 3.63) is 41.8 Å². The standard InChI is InChI=1S/C16H19FN2O3/c17-11-3-1-10(2-4-11)15-8-12(19-22-15)7-13-5-6-14(20)16(9-18)21-13/h1-4,8,13-14,16,20H,5-7,9,18H2/t13-,14-,16+/m0/s1. The van der Waals surface area contributed by atoms with Crippen LogP contribution in [-0.4, -0.2) is 35.1 Å². The summed E-state index contributed by atoms with van der Waals surface area (Å²) in [5, 5.41) is 13.8. The Balaban J connectivity index is 1.65. The van der Waals surface area contributed by atoms with Gasteiger partial charge in [0, 0.05) is 24.6 Å². The van der Waals surface area contributed by atoms with E-state index in [1.54, 1.807) is 12.1 Å². The van der Waals surface area contributed by atoms with Crippen molar-refractivity contribution in [2.75, 3.05) is 6.54 Å². The Morgan fingerprint density at radius 3 is 2.77 bits per heavy atom. The molecular formula is C16H19FN2O3. The number of nitrogens with two attached hydrogens (primary N) is 1. The molecule has 1 aliphatic heterocycles. The summed E-state index contributed by atoms with van der Waals surface area (Å²) in [6, 6.07) is 7.90. The first-order valence-electron chi connectivity index (χ1n) is 7.41. The molecule has 3 N–H and O–H groups in total. The predicted molar refractivity (Wildman–Crippen MR) is 78.6 cm³/mol. The second-order valence-corrected chi connectivity index (χ2v) is 5.57. The molecule has 0 unspecified atom stereocenters. The SMILES string of the molecule is NC[C@H]1O[C@H](Cc2cc(-c3ccc(F)cc3)on2)CC[C@@H]1O. The molecule has 3 atom stereocenters. The van der Waals surface area contributed by atoms with Crippen LogP contribution in [0.25, 0.3) is 11.3 Å². The smallest absolute Gasteiger partial charge is 0.167 e. The van der Waals surface area contributed by atoms with E-state index in [1.165, 1.54) is 12.1 Å². The normalized spacial score (nSPS) is 25.3. The van der Waals surface area contributed by atoms with Crippen LogP contribution in [0.15, 0.2) is 34.9 Å². The zero-order valence-corrected chi connectivity index (χ0v) is 12.1. The Bertz CT molecular complexity index is 614. The van der Waals surface area contributed by atoms with Gasteiger partial charge in [-0.05, 0) is 37.1 Å². The molecule has 118 valence electrons. The quantitative estimate of drug-likeness (QED) is 0.901. The minimum Gasteiger partial charge on any atom is -0.390 e. The van der Waals surface area contributed by atoms with E-state index >= 15 is 0 Å². The number of aromatic nitrogens is 1. The van der Waals surface area contributed by atoms with Crippen LogP contribution >= 0.6 is 0 Å². The van der Waals surface area contributed by atoms with Crippen LogP contribution in [0.3, 0.4) is 0 Å². The number of aliphatic hydroxyl groups excluding tert-OH is 1. The lowest BCUT2D eigenvalue weighted by Crippen LogP contribution is -2.44. The summed E-state index contributed by atoms with van der Waals surface area (Å²) in [4.78, 5) is 0. The number of nitrogens with zero attached hydrogens (tertiary/aromatic N) is 1. The number of hydrogen-bond donors (Lipinski definition) is 2. The van der Waals surface area contributed by atoms with E-state index in [4.69, 9.17) is 15.0 Å². The van der Waals surface area contributed by atoms with Crippen LogP contribution in [-0.2, 0) is 11.2 Å². The Morgan fingerprint density at radius 1 is 1.27 bits per heavy atom. The monoisotopic (exact) mass is 306 g/mol. The van der Waals surface area contributed by atoms with Crippen molar-refractivity contribution < 1.29 is 18.8 Å². The molecule has 0 radical (unpaired) electrons. The van der Waals surface area contributed by atoms with Gasteiger partial charge >= 0.3 is 0 Å². The lowest BCUT2D eigenvalue weighted by atomic mass is 9.98. The molecule has 0 saturated carbocycles. The fourth-order valence-electron chi connectivity index (χ4n) is 2.70. The molecule has 3 rings (SSSR count). The molecule has 2 heterocycles. The van der Waals surface area contributed by atoms with Crippen LogP contribution in [0.2, 0.25) is 0 Å². The first kappa shape index (κ1) is 15.1. The minimum absolute atomic E-state index is 0.0249. The number of ether oxygens (including phenoxy) is 1. The van der Waals surface area contributed by atoms with Gasteiger partial charge in [-0.2, -0.15) is 0 Å². The Hall–Kier alpha value is -1.76. The van der Waals surface area contributed by atoms with Gasteiger partial charge in [0.25, 0.3) is 0 Å². The third-order valence-corrected chi connectivity index (χ3v) is 3.94. The third-order valence-electron chi connectivity index (χ3n) is 3.94. The number of benzene rings is 1. The van der Waals surface area contributed by atoms with Gasteiger partial charge in [0.15, 0.2) is 5.76 Å². The Morgan fingerprint density at radius 2 is 2.05 bits per heavy atom. The van der Waals surface area contributed by atoms with E-state index in [2.05, 4.69) is 5.16 Å². The fourth-order valence-corrected chi connectivity index (χ4v) is 2.70. The van der Waals surface area contributed by atoms with Crippen molar-refractivity contribution in [1.82, 2.24) is 5.16 Å². The molecule has 0 bridgehead atoms. The average Bonchev–Trinajstić information content (AvgIpc) is 2.98. The van der Waals surface area contributed by atoms with Gasteiger partial charge in [0.1, 0.15) is 5.82 Å². The minimum atomic E-state index is -0.492. The molecule has 0 spiro atoms. The summed E-state index contributed by atoms with van der Waals surface area (Å²) in [5.41, 5.74) is 7.14. The number of rotatable bonds is 4. The van der Waals surface area contributed by atoms with Crippen LogP contribution < -0.4 is 5.73 Å². The first-order valence-corrected chi connectivity index (χ1v) is 7.41. The van der Waals surface area contributed by atoms with Crippen LogP contribution in [0.5, 0.6) is 0 Å². The van der Waals surface area contributed by atoms with E-state index in [-0.39, 0.29) is 18.0 Å². The van der Waals surface area contributed by atoms with E-state index < -0.39 is 6.10 Å². The van der Waals surface area contributed by atoms with Crippen molar-refractivity contribution >= 4 is 0 Å². The predicted octanol–water partition coefficient (Wildman–Crippen LogP) is 1.89. The van der Waals surface area contributed by atoms with E-state index in [1.807, 2.05) is 6.07 Å². The van der Waals surface area contributed by atoms with Gasteiger partial charge in [-0.15, -0.1) is 0 Å². The van der Waals surface area contributed by atoms with Crippen molar-refractivity contribution in [2.45, 2.75) is 37.6 Å². The number of aliphatic hydroxyl groups is 1. The molecule has 0 amide bonds. The first-order chi connectivity index (χ1) is 10.7. The topological polar surface area (TPSA) is 81.5 Å². The van der Waals surface area contributed by atoms with Gasteiger partial charge in [0.05, 0.1) is 24.0 Å². The zero-order valence-electron chi connectivity index (χ0n) is 12.1. The summed E-state index contributed by atoms with van der Waals surface area (Å²) < 4.78 is 24.0. The molecule has 6 heteroatoms. The molecule has 1 saturated heterocycles. The maximum Gasteiger partial charge on any atom is 0.167 e. The summed E-state index contributed by atoms with van der Waals surface area (Å²) in [6.45, 7) is 0.303. The van der Waals surface area contributed by atoms with Gasteiger partial charge in [0.2, 0.25) is 0 Å². The molecule has 1 aromatic heterocycles. The summed E-state index contributed by atoms with van der Waals surface area (Å²) in [5.74, 6) is 0.312. The van der Waals surface area contributed by atoms with Crippen molar-refractivity contribution in [3.8, 4) is 11.3 Å². The van der Waals surface area contributed by atoms with E-state index in [0.717, 1.165) is 17.7 Å². The highest BCUT2D eigenvalue weighted by atomic mass is 19.1. The third kappa shape index (κ3) is 3.35. The largest absolute Gasteiger partial charge is 0.390 e. The van der Waals surface area contributed by atoms with Crippen molar-refractivity contribution in [3.63, 3.8) is 0 Å². The molecule has 22 heavy (non-hydrogen) atoms. The van der Waals surface area contributed by atoms with Gasteiger partial charge in [-0.25, -0.2) is 4.39 Å². The molecule has 1 aliphatic rings. The maximum atomic E-state index is 12.9. The van der Waals surface area contributed by atoms with Gasteiger partial charge in [-0.1, -0.05) is 5.16 Å². The van der Waals surface area contributed by atoms with Gasteiger partial charge < -0.3 is 20.1 Å². The molecule has 1 fully saturated rings. The van der Waals surface area contributed by atoms with E-state index in [9.17, 15) is 9.50 Å². The van der Waals surface area contributed by atoms with E-state index in [0.29, 0.717) is 25.1 Å². The summed E-state index contributed by atoms with van der Waals surface area (Å²) in [7, 11) is 0. The Kier molecular flexibility index (Phi) is 4.52. The Labute approximate surface area is 127 Å². The lowest BCUT2D eigenvalue weighted by Gasteiger charge is -2.32. The highest BCUT2D eigenvalue weighted by Gasteiger charge is 2.29. The van der Waals surface area contributed by atoms with Crippen LogP contribution in [0.4, 0.5) is 4.39 Å². The van der Waals surface area contributed by atoms with Crippen molar-refractivity contribution in [1.29, 1.82) is 0 Å². The number of halogens is 1. The highest BCUT2D eigenvalue weighted by molar-refractivity contribution is 5.57.